The van der Waals surface area contributed by atoms with E-state index in [1.54, 1.807) is 11.7 Å². The maximum Gasteiger partial charge on any atom is 0.358 e. The summed E-state index contributed by atoms with van der Waals surface area (Å²) in [5.41, 5.74) is 1.32. The second-order valence-corrected chi connectivity index (χ2v) is 4.18. The molecule has 0 saturated heterocycles. The summed E-state index contributed by atoms with van der Waals surface area (Å²) in [4.78, 5) is 11.4. The van der Waals surface area contributed by atoms with Crippen molar-refractivity contribution in [2.24, 2.45) is 7.05 Å². The highest BCUT2D eigenvalue weighted by molar-refractivity contribution is 5.88. The lowest BCUT2D eigenvalue weighted by Crippen LogP contribution is -2.34. The molecule has 88 valence electrons. The van der Waals surface area contributed by atoms with E-state index in [9.17, 15) is 4.79 Å². The Morgan fingerprint density at radius 3 is 3.00 bits per heavy atom. The van der Waals surface area contributed by atoms with Crippen LogP contribution in [-0.4, -0.2) is 28.9 Å². The van der Waals surface area contributed by atoms with Crippen molar-refractivity contribution in [3.63, 3.8) is 0 Å². The van der Waals surface area contributed by atoms with Gasteiger partial charge in [-0.2, -0.15) is 5.10 Å². The predicted molar refractivity (Wildman–Crippen MR) is 59.0 cm³/mol. The van der Waals surface area contributed by atoms with Crippen LogP contribution in [0.2, 0.25) is 0 Å². The first kappa shape index (κ1) is 11.1. The van der Waals surface area contributed by atoms with Crippen LogP contribution >= 0.6 is 0 Å². The lowest BCUT2D eigenvalue weighted by molar-refractivity contribution is 0.0591. The van der Waals surface area contributed by atoms with Crippen LogP contribution in [0, 0.1) is 0 Å². The quantitative estimate of drug-likeness (QED) is 0.769. The summed E-state index contributed by atoms with van der Waals surface area (Å²) in [6, 6.07) is 0.603. The molecule has 1 aliphatic carbocycles. The highest BCUT2D eigenvalue weighted by Crippen LogP contribution is 2.19. The summed E-state index contributed by atoms with van der Waals surface area (Å²) < 4.78 is 6.34. The molecule has 1 aromatic rings. The van der Waals surface area contributed by atoms with Crippen LogP contribution in [0.4, 0.5) is 0 Å². The minimum atomic E-state index is -0.369. The summed E-state index contributed by atoms with van der Waals surface area (Å²) in [5.74, 6) is -0.369. The van der Waals surface area contributed by atoms with Crippen molar-refractivity contribution >= 4 is 5.97 Å². The van der Waals surface area contributed by atoms with Crippen LogP contribution in [0.3, 0.4) is 0 Å². The average Bonchev–Trinajstić information content (AvgIpc) is 2.56. The molecule has 1 aliphatic rings. The first-order valence-electron chi connectivity index (χ1n) is 5.55. The van der Waals surface area contributed by atoms with Crippen molar-refractivity contribution in [1.82, 2.24) is 15.1 Å². The summed E-state index contributed by atoms with van der Waals surface area (Å²) in [6.07, 6.45) is 5.62. The van der Waals surface area contributed by atoms with Gasteiger partial charge in [0.2, 0.25) is 0 Å². The number of hydrogen-bond acceptors (Lipinski definition) is 4. The van der Waals surface area contributed by atoms with E-state index in [0.29, 0.717) is 18.3 Å². The molecule has 5 heteroatoms. The number of aryl methyl sites for hydroxylation is 1. The number of carbonyl (C=O) groups excluding carboxylic acids is 1. The highest BCUT2D eigenvalue weighted by Gasteiger charge is 2.20. The summed E-state index contributed by atoms with van der Waals surface area (Å²) in [6.45, 7) is 0.683. The summed E-state index contributed by atoms with van der Waals surface area (Å²) >= 11 is 0. The van der Waals surface area contributed by atoms with Crippen LogP contribution in [0.5, 0.6) is 0 Å². The van der Waals surface area contributed by atoms with E-state index >= 15 is 0 Å². The Kier molecular flexibility index (Phi) is 3.24. The molecule has 0 radical (unpaired) electrons. The van der Waals surface area contributed by atoms with E-state index < -0.39 is 0 Å². The van der Waals surface area contributed by atoms with Gasteiger partial charge in [0.05, 0.1) is 7.11 Å². The third-order valence-corrected chi connectivity index (χ3v) is 2.97. The average molecular weight is 223 g/mol. The zero-order valence-corrected chi connectivity index (χ0v) is 9.69. The fourth-order valence-corrected chi connectivity index (χ4v) is 1.80. The van der Waals surface area contributed by atoms with Crippen molar-refractivity contribution in [1.29, 1.82) is 0 Å². The maximum atomic E-state index is 11.4. The van der Waals surface area contributed by atoms with Crippen molar-refractivity contribution < 1.29 is 9.53 Å². The SMILES string of the molecule is COC(=O)c1nn(C)cc1CNC1CCC1. The Balaban J connectivity index is 2.03. The number of esters is 1. The molecule has 0 bridgehead atoms. The fourth-order valence-electron chi connectivity index (χ4n) is 1.80. The van der Waals surface area contributed by atoms with Gasteiger partial charge in [-0.25, -0.2) is 4.79 Å². The Bertz CT molecular complexity index is 383. The van der Waals surface area contributed by atoms with Gasteiger partial charge in [-0.3, -0.25) is 4.68 Å². The smallest absolute Gasteiger partial charge is 0.358 e. The van der Waals surface area contributed by atoms with E-state index in [0.717, 1.165) is 5.56 Å². The molecule has 2 rings (SSSR count). The maximum absolute atomic E-state index is 11.4. The van der Waals surface area contributed by atoms with E-state index in [2.05, 4.69) is 10.4 Å². The largest absolute Gasteiger partial charge is 0.464 e. The van der Waals surface area contributed by atoms with E-state index in [-0.39, 0.29) is 5.97 Å². The number of nitrogens with zero attached hydrogens (tertiary/aromatic N) is 2. The number of ether oxygens (including phenoxy) is 1. The predicted octanol–water partition coefficient (Wildman–Crippen LogP) is 0.849. The van der Waals surface area contributed by atoms with Crippen LogP contribution in [0.15, 0.2) is 6.20 Å². The van der Waals surface area contributed by atoms with Gasteiger partial charge < -0.3 is 10.1 Å². The number of nitrogens with one attached hydrogen (secondary N) is 1. The van der Waals surface area contributed by atoms with Crippen LogP contribution in [0.1, 0.15) is 35.3 Å². The topological polar surface area (TPSA) is 56.1 Å². The molecule has 0 spiro atoms. The molecular weight excluding hydrogens is 206 g/mol. The lowest BCUT2D eigenvalue weighted by atomic mass is 9.93. The number of carbonyl (C=O) groups is 1. The molecule has 5 nitrogen and oxygen atoms in total. The minimum Gasteiger partial charge on any atom is -0.464 e. The van der Waals surface area contributed by atoms with Crippen molar-refractivity contribution in [3.8, 4) is 0 Å². The van der Waals surface area contributed by atoms with Crippen molar-refractivity contribution in [2.75, 3.05) is 7.11 Å². The normalized spacial score (nSPS) is 15.9. The Morgan fingerprint density at radius 2 is 2.44 bits per heavy atom. The van der Waals surface area contributed by atoms with Gasteiger partial charge in [0.1, 0.15) is 0 Å². The molecule has 16 heavy (non-hydrogen) atoms. The second-order valence-electron chi connectivity index (χ2n) is 4.18. The first-order valence-corrected chi connectivity index (χ1v) is 5.55. The molecule has 1 heterocycles. The monoisotopic (exact) mass is 223 g/mol. The van der Waals surface area contributed by atoms with Gasteiger partial charge >= 0.3 is 5.97 Å². The molecule has 0 unspecified atom stereocenters. The standard InChI is InChI=1S/C11H17N3O2/c1-14-7-8(6-12-9-4-3-5-9)10(13-14)11(15)16-2/h7,9,12H,3-6H2,1-2H3. The van der Waals surface area contributed by atoms with Crippen LogP contribution in [0.25, 0.3) is 0 Å². The Morgan fingerprint density at radius 1 is 1.69 bits per heavy atom. The second kappa shape index (κ2) is 4.65. The van der Waals surface area contributed by atoms with Crippen LogP contribution in [-0.2, 0) is 18.3 Å². The minimum absolute atomic E-state index is 0.369. The third kappa shape index (κ3) is 2.24. The number of methoxy groups -OCH3 is 1. The summed E-state index contributed by atoms with van der Waals surface area (Å²) in [7, 11) is 3.18. The molecule has 0 amide bonds. The van der Waals surface area contributed by atoms with Crippen molar-refractivity contribution in [2.45, 2.75) is 31.8 Å². The molecule has 1 saturated carbocycles. The third-order valence-electron chi connectivity index (χ3n) is 2.97. The van der Waals surface area contributed by atoms with E-state index in [1.807, 2.05) is 6.20 Å². The van der Waals surface area contributed by atoms with Gasteiger partial charge in [0.25, 0.3) is 0 Å². The zero-order valence-electron chi connectivity index (χ0n) is 9.69. The van der Waals surface area contributed by atoms with Gasteiger partial charge in [0, 0.05) is 31.4 Å². The zero-order chi connectivity index (χ0) is 11.5. The van der Waals surface area contributed by atoms with E-state index in [1.165, 1.54) is 26.4 Å². The lowest BCUT2D eigenvalue weighted by Gasteiger charge is -2.26. The van der Waals surface area contributed by atoms with E-state index in [4.69, 9.17) is 4.74 Å². The number of hydrogen-bond donors (Lipinski definition) is 1. The first-order chi connectivity index (χ1) is 7.70. The number of aromatic nitrogens is 2. The highest BCUT2D eigenvalue weighted by atomic mass is 16.5. The molecular formula is C11H17N3O2. The fraction of sp³-hybridized carbons (Fsp3) is 0.636. The molecule has 1 N–H and O–H groups in total. The summed E-state index contributed by atoms with van der Waals surface area (Å²) in [5, 5.41) is 7.51. The molecule has 1 fully saturated rings. The number of rotatable bonds is 4. The van der Waals surface area contributed by atoms with Crippen molar-refractivity contribution in [3.05, 3.63) is 17.5 Å². The molecule has 1 aromatic heterocycles. The molecule has 0 aliphatic heterocycles. The van der Waals surface area contributed by atoms with Crippen LogP contribution < -0.4 is 5.32 Å². The van der Waals surface area contributed by atoms with Gasteiger partial charge in [-0.15, -0.1) is 0 Å². The van der Waals surface area contributed by atoms with Gasteiger partial charge in [0.15, 0.2) is 5.69 Å². The molecule has 0 atom stereocenters. The van der Waals surface area contributed by atoms with Gasteiger partial charge in [-0.05, 0) is 12.8 Å². The van der Waals surface area contributed by atoms with Gasteiger partial charge in [-0.1, -0.05) is 6.42 Å². The Labute approximate surface area is 94.8 Å². The molecule has 0 aromatic carbocycles. The Hall–Kier alpha value is -1.36.